The zero-order chi connectivity index (χ0) is 17.6. The van der Waals surface area contributed by atoms with E-state index in [0.717, 1.165) is 64.5 Å². The van der Waals surface area contributed by atoms with E-state index in [2.05, 4.69) is 22.2 Å². The average Bonchev–Trinajstić information content (AvgIpc) is 2.98. The molecule has 1 aromatic rings. The van der Waals surface area contributed by atoms with Crippen LogP contribution < -0.4 is 0 Å². The van der Waals surface area contributed by atoms with Crippen LogP contribution >= 0.6 is 0 Å². The fraction of sp³-hybridized carbons (Fsp3) is 0.684. The minimum Gasteiger partial charge on any atom is -0.379 e. The SMILES string of the molecule is Cc1cc(C(=O)N(CCN2CCOCC2)C[C@H]2CC=CCC2)nn1C. The highest BCUT2D eigenvalue weighted by Gasteiger charge is 2.24. The molecule has 0 aromatic carbocycles. The van der Waals surface area contributed by atoms with E-state index in [4.69, 9.17) is 4.74 Å². The number of amides is 1. The average molecular weight is 346 g/mol. The van der Waals surface area contributed by atoms with E-state index < -0.39 is 0 Å². The van der Waals surface area contributed by atoms with Crippen LogP contribution in [0.3, 0.4) is 0 Å². The lowest BCUT2D eigenvalue weighted by molar-refractivity contribution is 0.0314. The summed E-state index contributed by atoms with van der Waals surface area (Å²) in [7, 11) is 1.89. The molecular formula is C19H30N4O2. The van der Waals surface area contributed by atoms with Crippen molar-refractivity contribution in [3.8, 4) is 0 Å². The maximum absolute atomic E-state index is 13.0. The molecule has 1 aliphatic carbocycles. The summed E-state index contributed by atoms with van der Waals surface area (Å²) in [5, 5.41) is 4.40. The molecule has 1 saturated heterocycles. The van der Waals surface area contributed by atoms with Crippen molar-refractivity contribution in [1.29, 1.82) is 0 Å². The molecule has 2 heterocycles. The molecule has 1 aromatic heterocycles. The summed E-state index contributed by atoms with van der Waals surface area (Å²) in [5.74, 6) is 0.620. The number of hydrogen-bond donors (Lipinski definition) is 0. The van der Waals surface area contributed by atoms with Crippen LogP contribution in [0.4, 0.5) is 0 Å². The lowest BCUT2D eigenvalue weighted by Crippen LogP contribution is -2.44. The maximum Gasteiger partial charge on any atom is 0.274 e. The quantitative estimate of drug-likeness (QED) is 0.738. The van der Waals surface area contributed by atoms with E-state index in [1.165, 1.54) is 6.42 Å². The van der Waals surface area contributed by atoms with Crippen LogP contribution in [0, 0.1) is 12.8 Å². The number of hydrogen-bond acceptors (Lipinski definition) is 4. The molecule has 25 heavy (non-hydrogen) atoms. The van der Waals surface area contributed by atoms with Crippen LogP contribution in [0.25, 0.3) is 0 Å². The zero-order valence-electron chi connectivity index (χ0n) is 15.5. The number of carbonyl (C=O) groups is 1. The summed E-state index contributed by atoms with van der Waals surface area (Å²) in [5.41, 5.74) is 1.57. The Bertz CT molecular complexity index is 585. The minimum absolute atomic E-state index is 0.0616. The number of morpholine rings is 1. The Balaban J connectivity index is 1.65. The van der Waals surface area contributed by atoms with Crippen molar-refractivity contribution in [2.45, 2.75) is 26.2 Å². The molecule has 6 nitrogen and oxygen atoms in total. The molecule has 1 aliphatic heterocycles. The molecule has 0 radical (unpaired) electrons. The summed E-state index contributed by atoms with van der Waals surface area (Å²) < 4.78 is 7.19. The van der Waals surface area contributed by atoms with Crippen LogP contribution in [0.2, 0.25) is 0 Å². The monoisotopic (exact) mass is 346 g/mol. The molecule has 0 bridgehead atoms. The van der Waals surface area contributed by atoms with Crippen molar-refractivity contribution in [1.82, 2.24) is 19.6 Å². The van der Waals surface area contributed by atoms with Gasteiger partial charge in [-0.3, -0.25) is 14.4 Å². The third kappa shape index (κ3) is 4.92. The Labute approximate surface area is 150 Å². The summed E-state index contributed by atoms with van der Waals surface area (Å²) in [6, 6.07) is 1.89. The highest BCUT2D eigenvalue weighted by molar-refractivity contribution is 5.92. The zero-order valence-corrected chi connectivity index (χ0v) is 15.5. The number of aromatic nitrogens is 2. The minimum atomic E-state index is 0.0616. The Morgan fingerprint density at radius 1 is 1.36 bits per heavy atom. The predicted octanol–water partition coefficient (Wildman–Crippen LogP) is 1.86. The summed E-state index contributed by atoms with van der Waals surface area (Å²) in [6.07, 6.45) is 7.86. The van der Waals surface area contributed by atoms with E-state index >= 15 is 0 Å². The third-order valence-corrected chi connectivity index (χ3v) is 5.27. The second-order valence-electron chi connectivity index (χ2n) is 7.15. The molecule has 0 saturated carbocycles. The van der Waals surface area contributed by atoms with Crippen LogP contribution in [0.1, 0.15) is 35.4 Å². The first-order chi connectivity index (χ1) is 12.1. The van der Waals surface area contributed by atoms with Crippen LogP contribution in [-0.2, 0) is 11.8 Å². The molecule has 2 aliphatic rings. The number of carbonyl (C=O) groups excluding carboxylic acids is 1. The van der Waals surface area contributed by atoms with Gasteiger partial charge in [0.1, 0.15) is 0 Å². The van der Waals surface area contributed by atoms with Crippen LogP contribution in [-0.4, -0.2) is 71.4 Å². The topological polar surface area (TPSA) is 50.6 Å². The molecule has 6 heteroatoms. The van der Waals surface area contributed by atoms with Crippen molar-refractivity contribution in [2.24, 2.45) is 13.0 Å². The Hall–Kier alpha value is -1.66. The number of allylic oxidation sites excluding steroid dienone is 2. The maximum atomic E-state index is 13.0. The molecule has 1 atom stereocenters. The van der Waals surface area contributed by atoms with Gasteiger partial charge in [0.15, 0.2) is 5.69 Å². The second kappa shape index (κ2) is 8.63. The lowest BCUT2D eigenvalue weighted by atomic mass is 9.94. The summed E-state index contributed by atoms with van der Waals surface area (Å²) in [6.45, 7) is 7.96. The molecule has 1 fully saturated rings. The number of ether oxygens (including phenoxy) is 1. The number of aryl methyl sites for hydroxylation is 2. The normalized spacial score (nSPS) is 21.4. The highest BCUT2D eigenvalue weighted by Crippen LogP contribution is 2.20. The molecule has 1 amide bonds. The Kier molecular flexibility index (Phi) is 6.26. The van der Waals surface area contributed by atoms with Crippen molar-refractivity contribution >= 4 is 5.91 Å². The van der Waals surface area contributed by atoms with Gasteiger partial charge in [-0.15, -0.1) is 0 Å². The van der Waals surface area contributed by atoms with Crippen molar-refractivity contribution in [3.05, 3.63) is 29.6 Å². The molecular weight excluding hydrogens is 316 g/mol. The molecule has 0 spiro atoms. The molecule has 0 N–H and O–H groups in total. The first kappa shape index (κ1) is 18.1. The van der Waals surface area contributed by atoms with Crippen molar-refractivity contribution in [2.75, 3.05) is 45.9 Å². The Morgan fingerprint density at radius 3 is 2.80 bits per heavy atom. The van der Waals surface area contributed by atoms with E-state index in [9.17, 15) is 4.79 Å². The first-order valence-corrected chi connectivity index (χ1v) is 9.38. The van der Waals surface area contributed by atoms with E-state index in [-0.39, 0.29) is 5.91 Å². The van der Waals surface area contributed by atoms with Gasteiger partial charge in [-0.05, 0) is 38.2 Å². The van der Waals surface area contributed by atoms with Crippen molar-refractivity contribution in [3.63, 3.8) is 0 Å². The number of nitrogens with zero attached hydrogens (tertiary/aromatic N) is 4. The summed E-state index contributed by atoms with van der Waals surface area (Å²) in [4.78, 5) is 17.4. The smallest absolute Gasteiger partial charge is 0.274 e. The predicted molar refractivity (Wildman–Crippen MR) is 97.6 cm³/mol. The fourth-order valence-electron chi connectivity index (χ4n) is 3.52. The van der Waals surface area contributed by atoms with E-state index in [1.807, 2.05) is 24.9 Å². The van der Waals surface area contributed by atoms with Crippen LogP contribution in [0.15, 0.2) is 18.2 Å². The van der Waals surface area contributed by atoms with Gasteiger partial charge in [-0.25, -0.2) is 0 Å². The van der Waals surface area contributed by atoms with Gasteiger partial charge >= 0.3 is 0 Å². The van der Waals surface area contributed by atoms with E-state index in [0.29, 0.717) is 11.6 Å². The molecule has 3 rings (SSSR count). The molecule has 0 unspecified atom stereocenters. The standard InChI is InChI=1S/C19H30N4O2/c1-16-14-18(20-21(16)2)19(24)23(15-17-6-4-3-5-7-17)9-8-22-10-12-25-13-11-22/h3-4,14,17H,5-13,15H2,1-2H3/t17-/m0/s1. The molecule has 138 valence electrons. The largest absolute Gasteiger partial charge is 0.379 e. The van der Waals surface area contributed by atoms with Gasteiger partial charge in [0.2, 0.25) is 0 Å². The van der Waals surface area contributed by atoms with Crippen molar-refractivity contribution < 1.29 is 9.53 Å². The van der Waals surface area contributed by atoms with Crippen LogP contribution in [0.5, 0.6) is 0 Å². The van der Waals surface area contributed by atoms with Gasteiger partial charge in [-0.2, -0.15) is 5.10 Å². The van der Waals surface area contributed by atoms with Gasteiger partial charge in [0.05, 0.1) is 13.2 Å². The van der Waals surface area contributed by atoms with Gasteiger partial charge in [0.25, 0.3) is 5.91 Å². The van der Waals surface area contributed by atoms with Gasteiger partial charge in [0, 0.05) is 45.5 Å². The number of rotatable bonds is 6. The van der Waals surface area contributed by atoms with E-state index in [1.54, 1.807) is 4.68 Å². The lowest BCUT2D eigenvalue weighted by Gasteiger charge is -2.32. The Morgan fingerprint density at radius 2 is 2.16 bits per heavy atom. The fourth-order valence-corrected chi connectivity index (χ4v) is 3.52. The summed E-state index contributed by atoms with van der Waals surface area (Å²) >= 11 is 0. The van der Waals surface area contributed by atoms with Gasteiger partial charge in [-0.1, -0.05) is 12.2 Å². The first-order valence-electron chi connectivity index (χ1n) is 9.38. The highest BCUT2D eigenvalue weighted by atomic mass is 16.5. The second-order valence-corrected chi connectivity index (χ2v) is 7.15. The van der Waals surface area contributed by atoms with Gasteiger partial charge < -0.3 is 9.64 Å². The third-order valence-electron chi connectivity index (χ3n) is 5.27.